The van der Waals surface area contributed by atoms with E-state index in [9.17, 15) is 4.79 Å². The van der Waals surface area contributed by atoms with E-state index in [0.29, 0.717) is 0 Å². The Labute approximate surface area is 168 Å². The molecule has 2 aromatic carbocycles. The second-order valence-corrected chi connectivity index (χ2v) is 6.99. The number of halogens is 1. The Hall–Kier alpha value is -2.04. The number of para-hydroxylation sites is 1. The maximum atomic E-state index is 12.4. The summed E-state index contributed by atoms with van der Waals surface area (Å²) in [5.74, 6) is 0. The lowest BCUT2D eigenvalue weighted by Gasteiger charge is -2.28. The average molecular weight is 389 g/mol. The van der Waals surface area contributed by atoms with E-state index in [4.69, 9.17) is 4.74 Å². The maximum absolute atomic E-state index is 12.4. The molecular formula is C22H29ClN2O2. The number of anilines is 1. The van der Waals surface area contributed by atoms with Gasteiger partial charge >= 0.3 is 6.09 Å². The van der Waals surface area contributed by atoms with E-state index < -0.39 is 6.09 Å². The number of nitrogens with one attached hydrogen (secondary N) is 1. The third-order valence-corrected chi connectivity index (χ3v) is 4.87. The van der Waals surface area contributed by atoms with Crippen LogP contribution in [0.1, 0.15) is 42.9 Å². The van der Waals surface area contributed by atoms with Crippen molar-refractivity contribution in [2.24, 2.45) is 0 Å². The number of amides is 1. The first-order chi connectivity index (χ1) is 12.7. The summed E-state index contributed by atoms with van der Waals surface area (Å²) in [5, 5.41) is 2.82. The van der Waals surface area contributed by atoms with Crippen LogP contribution in [0, 0.1) is 6.92 Å². The average Bonchev–Trinajstić information content (AvgIpc) is 2.67. The van der Waals surface area contributed by atoms with Crippen LogP contribution in [0.15, 0.2) is 54.6 Å². The SMILES string of the molecule is Cc1ccc(C(CCN2CCCCC2)OC(=O)Nc2ccccc2)cc1.Cl. The van der Waals surface area contributed by atoms with Crippen molar-refractivity contribution in [2.75, 3.05) is 25.0 Å². The van der Waals surface area contributed by atoms with Gasteiger partial charge in [-0.3, -0.25) is 5.32 Å². The van der Waals surface area contributed by atoms with Gasteiger partial charge in [-0.15, -0.1) is 12.4 Å². The summed E-state index contributed by atoms with van der Waals surface area (Å²) in [5.41, 5.74) is 3.00. The van der Waals surface area contributed by atoms with E-state index in [-0.39, 0.29) is 18.5 Å². The zero-order valence-corrected chi connectivity index (χ0v) is 16.7. The standard InChI is InChI=1S/C22H28N2O2.ClH/c1-18-10-12-19(13-11-18)21(14-17-24-15-6-3-7-16-24)26-22(25)23-20-8-4-2-5-9-20;/h2,4-5,8-13,21H,3,6-7,14-17H2,1H3,(H,23,25);1H. The molecule has 1 heterocycles. The smallest absolute Gasteiger partial charge is 0.412 e. The number of piperidine rings is 1. The molecule has 1 fully saturated rings. The summed E-state index contributed by atoms with van der Waals surface area (Å²) in [4.78, 5) is 14.8. The van der Waals surface area contributed by atoms with Crippen LogP contribution in [-0.2, 0) is 4.74 Å². The Bertz CT molecular complexity index is 685. The molecular weight excluding hydrogens is 360 g/mol. The molecule has 1 aliphatic rings. The van der Waals surface area contributed by atoms with Crippen molar-refractivity contribution in [3.8, 4) is 0 Å². The first-order valence-corrected chi connectivity index (χ1v) is 9.52. The fourth-order valence-corrected chi connectivity index (χ4v) is 3.36. The molecule has 0 radical (unpaired) electrons. The molecule has 0 bridgehead atoms. The molecule has 3 rings (SSSR count). The van der Waals surface area contributed by atoms with Crippen molar-refractivity contribution in [1.29, 1.82) is 0 Å². The topological polar surface area (TPSA) is 41.6 Å². The maximum Gasteiger partial charge on any atom is 0.412 e. The lowest BCUT2D eigenvalue weighted by Crippen LogP contribution is -2.32. The van der Waals surface area contributed by atoms with Crippen LogP contribution in [0.5, 0.6) is 0 Å². The molecule has 0 aliphatic carbocycles. The first-order valence-electron chi connectivity index (χ1n) is 9.52. The number of aryl methyl sites for hydroxylation is 1. The molecule has 5 heteroatoms. The molecule has 1 saturated heterocycles. The summed E-state index contributed by atoms with van der Waals surface area (Å²) < 4.78 is 5.79. The van der Waals surface area contributed by atoms with Gasteiger partial charge in [0.05, 0.1) is 0 Å². The molecule has 1 aliphatic heterocycles. The number of rotatable bonds is 6. The number of hydrogen-bond acceptors (Lipinski definition) is 3. The first kappa shape index (κ1) is 21.3. The third kappa shape index (κ3) is 6.89. The largest absolute Gasteiger partial charge is 0.441 e. The second kappa shape index (κ2) is 11.0. The Morgan fingerprint density at radius 2 is 1.70 bits per heavy atom. The summed E-state index contributed by atoms with van der Waals surface area (Å²) >= 11 is 0. The number of carbonyl (C=O) groups is 1. The highest BCUT2D eigenvalue weighted by atomic mass is 35.5. The van der Waals surface area contributed by atoms with E-state index in [1.54, 1.807) is 0 Å². The molecule has 4 nitrogen and oxygen atoms in total. The fourth-order valence-electron chi connectivity index (χ4n) is 3.36. The minimum absolute atomic E-state index is 0. The van der Waals surface area contributed by atoms with Gasteiger partial charge < -0.3 is 9.64 Å². The van der Waals surface area contributed by atoms with Crippen molar-refractivity contribution >= 4 is 24.2 Å². The van der Waals surface area contributed by atoms with Gasteiger partial charge in [-0.25, -0.2) is 4.79 Å². The highest BCUT2D eigenvalue weighted by Crippen LogP contribution is 2.24. The van der Waals surface area contributed by atoms with Crippen molar-refractivity contribution in [1.82, 2.24) is 4.90 Å². The molecule has 1 unspecified atom stereocenters. The van der Waals surface area contributed by atoms with Crippen LogP contribution in [0.4, 0.5) is 10.5 Å². The van der Waals surface area contributed by atoms with Gasteiger partial charge in [-0.05, 0) is 50.6 Å². The van der Waals surface area contributed by atoms with E-state index in [1.807, 2.05) is 30.3 Å². The third-order valence-electron chi connectivity index (χ3n) is 4.87. The Kier molecular flexibility index (Phi) is 8.62. The van der Waals surface area contributed by atoms with E-state index in [2.05, 4.69) is 41.4 Å². The fraction of sp³-hybridized carbons (Fsp3) is 0.409. The summed E-state index contributed by atoms with van der Waals surface area (Å²) in [6, 6.07) is 17.7. The monoisotopic (exact) mass is 388 g/mol. The van der Waals surface area contributed by atoms with Gasteiger partial charge in [0.15, 0.2) is 0 Å². The predicted octanol–water partition coefficient (Wildman–Crippen LogP) is 5.58. The predicted molar refractivity (Wildman–Crippen MR) is 113 cm³/mol. The zero-order valence-electron chi connectivity index (χ0n) is 15.9. The van der Waals surface area contributed by atoms with Gasteiger partial charge in [-0.1, -0.05) is 54.4 Å². The van der Waals surface area contributed by atoms with Crippen molar-refractivity contribution in [2.45, 2.75) is 38.7 Å². The van der Waals surface area contributed by atoms with Gasteiger partial charge in [0.1, 0.15) is 6.10 Å². The lowest BCUT2D eigenvalue weighted by molar-refractivity contribution is 0.0928. The van der Waals surface area contributed by atoms with Crippen LogP contribution >= 0.6 is 12.4 Å². The Morgan fingerprint density at radius 1 is 1.04 bits per heavy atom. The van der Waals surface area contributed by atoms with Gasteiger partial charge in [0.25, 0.3) is 0 Å². The number of hydrogen-bond donors (Lipinski definition) is 1. The summed E-state index contributed by atoms with van der Waals surface area (Å²) in [7, 11) is 0. The van der Waals surface area contributed by atoms with E-state index in [0.717, 1.165) is 37.3 Å². The molecule has 146 valence electrons. The normalized spacial score (nSPS) is 15.4. The van der Waals surface area contributed by atoms with E-state index in [1.165, 1.54) is 24.8 Å². The number of likely N-dealkylation sites (tertiary alicyclic amines) is 1. The molecule has 1 N–H and O–H groups in total. The van der Waals surface area contributed by atoms with Gasteiger partial charge in [0.2, 0.25) is 0 Å². The number of carbonyl (C=O) groups excluding carboxylic acids is 1. The Morgan fingerprint density at radius 3 is 2.37 bits per heavy atom. The van der Waals surface area contributed by atoms with E-state index >= 15 is 0 Å². The summed E-state index contributed by atoms with van der Waals surface area (Å²) in [6.45, 7) is 5.32. The van der Waals surface area contributed by atoms with Gasteiger partial charge in [0, 0.05) is 18.7 Å². The van der Waals surface area contributed by atoms with Crippen LogP contribution in [0.3, 0.4) is 0 Å². The van der Waals surface area contributed by atoms with Crippen LogP contribution < -0.4 is 5.32 Å². The highest BCUT2D eigenvalue weighted by Gasteiger charge is 2.19. The van der Waals surface area contributed by atoms with Crippen molar-refractivity contribution in [3.05, 3.63) is 65.7 Å². The number of ether oxygens (including phenoxy) is 1. The quantitative estimate of drug-likeness (QED) is 0.702. The Balaban J connectivity index is 0.00000261. The van der Waals surface area contributed by atoms with Crippen LogP contribution in [0.2, 0.25) is 0 Å². The number of nitrogens with zero attached hydrogens (tertiary/aromatic N) is 1. The molecule has 0 saturated carbocycles. The molecule has 2 aromatic rings. The van der Waals surface area contributed by atoms with Crippen LogP contribution in [-0.4, -0.2) is 30.6 Å². The highest BCUT2D eigenvalue weighted by molar-refractivity contribution is 5.85. The van der Waals surface area contributed by atoms with Crippen molar-refractivity contribution in [3.63, 3.8) is 0 Å². The lowest BCUT2D eigenvalue weighted by atomic mass is 10.0. The van der Waals surface area contributed by atoms with Crippen molar-refractivity contribution < 1.29 is 9.53 Å². The zero-order chi connectivity index (χ0) is 18.2. The molecule has 27 heavy (non-hydrogen) atoms. The molecule has 0 spiro atoms. The summed E-state index contributed by atoms with van der Waals surface area (Å²) in [6.07, 6.45) is 4.04. The second-order valence-electron chi connectivity index (χ2n) is 6.99. The molecule has 0 aromatic heterocycles. The van der Waals surface area contributed by atoms with Crippen LogP contribution in [0.25, 0.3) is 0 Å². The van der Waals surface area contributed by atoms with Gasteiger partial charge in [-0.2, -0.15) is 0 Å². The minimum atomic E-state index is -0.402. The molecule has 1 amide bonds. The number of benzene rings is 2. The minimum Gasteiger partial charge on any atom is -0.441 e. The molecule has 1 atom stereocenters.